The average Bonchev–Trinajstić information content (AvgIpc) is 3.03. The van der Waals surface area contributed by atoms with E-state index in [9.17, 15) is 14.4 Å². The predicted molar refractivity (Wildman–Crippen MR) is 103 cm³/mol. The summed E-state index contributed by atoms with van der Waals surface area (Å²) in [4.78, 5) is 37.8. The Morgan fingerprint density at radius 2 is 1.63 bits per heavy atom. The van der Waals surface area contributed by atoms with Crippen LogP contribution in [0.5, 0.6) is 0 Å². The molecule has 27 heavy (non-hydrogen) atoms. The zero-order valence-electron chi connectivity index (χ0n) is 14.8. The molecule has 0 radical (unpaired) electrons. The number of hydrogen-bond acceptors (Lipinski definition) is 4. The minimum Gasteiger partial charge on any atom is -0.461 e. The minimum atomic E-state index is -1.01. The number of carbonyl (C=O) groups is 3. The summed E-state index contributed by atoms with van der Waals surface area (Å²) in [5.74, 6) is -2.61. The number of esters is 1. The fourth-order valence-corrected chi connectivity index (χ4v) is 3.34. The maximum atomic E-state index is 12.8. The molecule has 4 heteroatoms. The van der Waals surface area contributed by atoms with Gasteiger partial charge in [-0.3, -0.25) is 14.4 Å². The van der Waals surface area contributed by atoms with Crippen LogP contribution < -0.4 is 0 Å². The van der Waals surface area contributed by atoms with Crippen LogP contribution in [0.1, 0.15) is 22.3 Å². The minimum absolute atomic E-state index is 0.0304. The predicted octanol–water partition coefficient (Wildman–Crippen LogP) is 3.89. The lowest BCUT2D eigenvalue weighted by Crippen LogP contribution is -2.30. The molecule has 0 saturated carbocycles. The third kappa shape index (κ3) is 4.11. The molecule has 0 N–H and O–H groups in total. The maximum absolute atomic E-state index is 12.8. The van der Waals surface area contributed by atoms with Crippen LogP contribution in [-0.4, -0.2) is 24.1 Å². The van der Waals surface area contributed by atoms with Gasteiger partial charge in [0.1, 0.15) is 12.5 Å². The first-order valence-electron chi connectivity index (χ1n) is 8.78. The molecule has 0 bridgehead atoms. The second-order valence-electron chi connectivity index (χ2n) is 6.36. The molecule has 136 valence electrons. The Morgan fingerprint density at radius 3 is 2.26 bits per heavy atom. The molecule has 0 fully saturated rings. The fourth-order valence-electron chi connectivity index (χ4n) is 3.34. The summed E-state index contributed by atoms with van der Waals surface area (Å²) in [7, 11) is 0. The Labute approximate surface area is 158 Å². The van der Waals surface area contributed by atoms with Crippen molar-refractivity contribution < 1.29 is 19.1 Å². The molecule has 0 saturated heterocycles. The van der Waals surface area contributed by atoms with E-state index in [-0.39, 0.29) is 24.6 Å². The Hall–Kier alpha value is -3.27. The largest absolute Gasteiger partial charge is 0.461 e. The Bertz CT molecular complexity index is 881. The monoisotopic (exact) mass is 360 g/mol. The highest BCUT2D eigenvalue weighted by Crippen LogP contribution is 2.40. The van der Waals surface area contributed by atoms with E-state index in [0.29, 0.717) is 11.1 Å². The van der Waals surface area contributed by atoms with Gasteiger partial charge in [-0.15, -0.1) is 0 Å². The van der Waals surface area contributed by atoms with Crippen molar-refractivity contribution in [3.05, 3.63) is 90.5 Å². The van der Waals surface area contributed by atoms with Crippen LogP contribution in [0.25, 0.3) is 5.57 Å². The highest BCUT2D eigenvalue weighted by atomic mass is 16.5. The average molecular weight is 360 g/mol. The standard InChI is InChI=1S/C23H20O4/c1-2-13-27-23(26)22-19(15-20(24)17-11-7-4-8-12-17)18(14-21(22)25)16-9-5-3-6-10-16/h2-12,14,19,22H,1,13,15H2/t19-,22+/m0/s1. The molecular formula is C23H20O4. The van der Waals surface area contributed by atoms with Crippen LogP contribution in [-0.2, 0) is 14.3 Å². The van der Waals surface area contributed by atoms with E-state index in [0.717, 1.165) is 5.56 Å². The van der Waals surface area contributed by atoms with E-state index in [1.807, 2.05) is 36.4 Å². The quantitative estimate of drug-likeness (QED) is 0.325. The summed E-state index contributed by atoms with van der Waals surface area (Å²) in [5, 5.41) is 0. The zero-order chi connectivity index (χ0) is 19.2. The SMILES string of the molecule is C=CCOC(=O)[C@H]1C(=O)C=C(c2ccccc2)[C@@H]1CC(=O)c1ccccc1. The number of hydrogen-bond donors (Lipinski definition) is 0. The van der Waals surface area contributed by atoms with Gasteiger partial charge in [-0.1, -0.05) is 73.3 Å². The van der Waals surface area contributed by atoms with E-state index in [2.05, 4.69) is 6.58 Å². The molecule has 4 nitrogen and oxygen atoms in total. The van der Waals surface area contributed by atoms with E-state index in [1.165, 1.54) is 12.2 Å². The third-order valence-corrected chi connectivity index (χ3v) is 4.61. The number of ketones is 2. The molecule has 0 unspecified atom stereocenters. The number of allylic oxidation sites excluding steroid dienone is 2. The summed E-state index contributed by atoms with van der Waals surface area (Å²) in [6, 6.07) is 18.2. The van der Waals surface area contributed by atoms with Gasteiger partial charge in [-0.2, -0.15) is 0 Å². The molecule has 0 heterocycles. The van der Waals surface area contributed by atoms with Crippen molar-refractivity contribution in [2.45, 2.75) is 6.42 Å². The first-order chi connectivity index (χ1) is 13.1. The number of ether oxygens (including phenoxy) is 1. The Morgan fingerprint density at radius 1 is 1.00 bits per heavy atom. The van der Waals surface area contributed by atoms with Crippen LogP contribution in [0.15, 0.2) is 79.4 Å². The summed E-state index contributed by atoms with van der Waals surface area (Å²) in [6.45, 7) is 3.55. The molecule has 0 aliphatic heterocycles. The Balaban J connectivity index is 1.92. The summed E-state index contributed by atoms with van der Waals surface area (Å²) >= 11 is 0. The van der Waals surface area contributed by atoms with E-state index < -0.39 is 17.8 Å². The van der Waals surface area contributed by atoms with Crippen LogP contribution >= 0.6 is 0 Å². The van der Waals surface area contributed by atoms with E-state index in [4.69, 9.17) is 4.74 Å². The summed E-state index contributed by atoms with van der Waals surface area (Å²) in [6.07, 6.45) is 2.98. The van der Waals surface area contributed by atoms with Crippen molar-refractivity contribution in [3.63, 3.8) is 0 Å². The van der Waals surface area contributed by atoms with Crippen molar-refractivity contribution >= 4 is 23.1 Å². The van der Waals surface area contributed by atoms with Crippen LogP contribution in [0, 0.1) is 11.8 Å². The van der Waals surface area contributed by atoms with Gasteiger partial charge >= 0.3 is 5.97 Å². The second kappa shape index (κ2) is 8.41. The van der Waals surface area contributed by atoms with Crippen molar-refractivity contribution in [2.75, 3.05) is 6.61 Å². The molecule has 1 aliphatic rings. The zero-order valence-corrected chi connectivity index (χ0v) is 14.8. The van der Waals surface area contributed by atoms with Gasteiger partial charge in [0.15, 0.2) is 11.6 Å². The number of benzene rings is 2. The van der Waals surface area contributed by atoms with Gasteiger partial charge in [0, 0.05) is 17.9 Å². The fraction of sp³-hybridized carbons (Fsp3) is 0.174. The van der Waals surface area contributed by atoms with Crippen LogP contribution in [0.4, 0.5) is 0 Å². The Kier molecular flexibility index (Phi) is 5.77. The molecule has 2 atom stereocenters. The number of rotatable bonds is 7. The lowest BCUT2D eigenvalue weighted by atomic mass is 9.82. The highest BCUT2D eigenvalue weighted by Gasteiger charge is 2.43. The lowest BCUT2D eigenvalue weighted by molar-refractivity contribution is -0.150. The van der Waals surface area contributed by atoms with Gasteiger partial charge in [0.25, 0.3) is 0 Å². The lowest BCUT2D eigenvalue weighted by Gasteiger charge is -2.20. The topological polar surface area (TPSA) is 60.4 Å². The third-order valence-electron chi connectivity index (χ3n) is 4.61. The molecule has 1 aliphatic carbocycles. The van der Waals surface area contributed by atoms with Gasteiger partial charge < -0.3 is 4.74 Å². The van der Waals surface area contributed by atoms with Gasteiger partial charge in [-0.25, -0.2) is 0 Å². The molecule has 0 spiro atoms. The molecular weight excluding hydrogens is 340 g/mol. The van der Waals surface area contributed by atoms with E-state index in [1.54, 1.807) is 24.3 Å². The molecule has 3 rings (SSSR count). The van der Waals surface area contributed by atoms with Crippen molar-refractivity contribution in [1.29, 1.82) is 0 Å². The summed E-state index contributed by atoms with van der Waals surface area (Å²) < 4.78 is 5.12. The van der Waals surface area contributed by atoms with Crippen LogP contribution in [0.2, 0.25) is 0 Å². The first-order valence-corrected chi connectivity index (χ1v) is 8.78. The van der Waals surface area contributed by atoms with Crippen LogP contribution in [0.3, 0.4) is 0 Å². The van der Waals surface area contributed by atoms with Gasteiger partial charge in [-0.05, 0) is 17.2 Å². The van der Waals surface area contributed by atoms with Gasteiger partial charge in [0.2, 0.25) is 0 Å². The number of carbonyl (C=O) groups excluding carboxylic acids is 3. The maximum Gasteiger partial charge on any atom is 0.317 e. The molecule has 2 aromatic rings. The van der Waals surface area contributed by atoms with E-state index >= 15 is 0 Å². The van der Waals surface area contributed by atoms with Crippen molar-refractivity contribution in [2.24, 2.45) is 11.8 Å². The second-order valence-corrected chi connectivity index (χ2v) is 6.36. The van der Waals surface area contributed by atoms with Gasteiger partial charge in [0.05, 0.1) is 0 Å². The number of Topliss-reactive ketones (excluding diaryl/α,β-unsaturated/α-hetero) is 1. The van der Waals surface area contributed by atoms with Crippen molar-refractivity contribution in [1.82, 2.24) is 0 Å². The van der Waals surface area contributed by atoms with Crippen molar-refractivity contribution in [3.8, 4) is 0 Å². The summed E-state index contributed by atoms with van der Waals surface area (Å²) in [5.41, 5.74) is 2.09. The molecule has 0 amide bonds. The normalized spacial score (nSPS) is 18.7. The first kappa shape index (κ1) is 18.5. The highest BCUT2D eigenvalue weighted by molar-refractivity contribution is 6.15. The molecule has 0 aromatic heterocycles. The smallest absolute Gasteiger partial charge is 0.317 e. The molecule has 2 aromatic carbocycles.